The van der Waals surface area contributed by atoms with Gasteiger partial charge in [-0.25, -0.2) is 4.79 Å². The Morgan fingerprint density at radius 1 is 1.32 bits per heavy atom. The summed E-state index contributed by atoms with van der Waals surface area (Å²) >= 11 is 0. The lowest BCUT2D eigenvalue weighted by Crippen LogP contribution is -2.40. The maximum absolute atomic E-state index is 12.0. The fourth-order valence-electron chi connectivity index (χ4n) is 1.75. The Hall–Kier alpha value is -2.50. The van der Waals surface area contributed by atoms with Crippen molar-refractivity contribution in [1.82, 2.24) is 14.1 Å². The van der Waals surface area contributed by atoms with E-state index in [2.05, 4.69) is 4.98 Å². The summed E-state index contributed by atoms with van der Waals surface area (Å²) in [6.07, 6.45) is 2.91. The normalized spacial score (nSPS) is 10.4. The monoisotopic (exact) mass is 259 g/mol. The van der Waals surface area contributed by atoms with Gasteiger partial charge < -0.3 is 0 Å². The van der Waals surface area contributed by atoms with E-state index < -0.39 is 11.2 Å². The van der Waals surface area contributed by atoms with Crippen LogP contribution < -0.4 is 11.2 Å². The Labute approximate surface area is 109 Å². The standard InChI is InChI=1S/C13H13N3O3/c1-9(17)11-8-16(13(19)15(2)12(11)18)7-10-5-3-4-6-14-10/h3-6,8H,7H2,1-2H3. The Morgan fingerprint density at radius 3 is 2.63 bits per heavy atom. The molecule has 0 bridgehead atoms. The first kappa shape index (κ1) is 12.9. The van der Waals surface area contributed by atoms with E-state index in [4.69, 9.17) is 0 Å². The minimum atomic E-state index is -0.574. The average molecular weight is 259 g/mol. The largest absolute Gasteiger partial charge is 0.331 e. The van der Waals surface area contributed by atoms with Crippen molar-refractivity contribution < 1.29 is 4.79 Å². The van der Waals surface area contributed by atoms with E-state index in [0.29, 0.717) is 5.69 Å². The van der Waals surface area contributed by atoms with Crippen LogP contribution in [0.5, 0.6) is 0 Å². The molecule has 0 unspecified atom stereocenters. The summed E-state index contributed by atoms with van der Waals surface area (Å²) < 4.78 is 2.24. The fourth-order valence-corrected chi connectivity index (χ4v) is 1.75. The number of pyridine rings is 1. The van der Waals surface area contributed by atoms with Crippen LogP contribution in [0.15, 0.2) is 40.2 Å². The number of aromatic nitrogens is 3. The van der Waals surface area contributed by atoms with Crippen molar-refractivity contribution in [3.8, 4) is 0 Å². The zero-order valence-corrected chi connectivity index (χ0v) is 10.7. The molecule has 2 heterocycles. The lowest BCUT2D eigenvalue weighted by Gasteiger charge is -2.08. The molecule has 0 aliphatic heterocycles. The predicted molar refractivity (Wildman–Crippen MR) is 69.3 cm³/mol. The SMILES string of the molecule is CC(=O)c1cn(Cc2ccccn2)c(=O)n(C)c1=O. The van der Waals surface area contributed by atoms with Crippen molar-refractivity contribution in [3.63, 3.8) is 0 Å². The molecule has 0 spiro atoms. The van der Waals surface area contributed by atoms with Gasteiger partial charge in [-0.15, -0.1) is 0 Å². The molecule has 0 fully saturated rings. The number of Topliss-reactive ketones (excluding diaryl/α,β-unsaturated/α-hetero) is 1. The maximum atomic E-state index is 12.0. The lowest BCUT2D eigenvalue weighted by atomic mass is 10.2. The summed E-state index contributed by atoms with van der Waals surface area (Å²) in [7, 11) is 1.35. The van der Waals surface area contributed by atoms with Crippen molar-refractivity contribution in [2.24, 2.45) is 7.05 Å². The first-order chi connectivity index (χ1) is 9.00. The Balaban J connectivity index is 2.56. The molecular weight excluding hydrogens is 246 g/mol. The number of ketones is 1. The highest BCUT2D eigenvalue weighted by Gasteiger charge is 2.12. The van der Waals surface area contributed by atoms with Gasteiger partial charge in [0, 0.05) is 19.4 Å². The highest BCUT2D eigenvalue weighted by atomic mass is 16.2. The van der Waals surface area contributed by atoms with Crippen LogP contribution in [0, 0.1) is 0 Å². The van der Waals surface area contributed by atoms with Crippen LogP contribution in [0.4, 0.5) is 0 Å². The molecule has 6 nitrogen and oxygen atoms in total. The quantitative estimate of drug-likeness (QED) is 0.738. The van der Waals surface area contributed by atoms with E-state index in [1.165, 1.54) is 24.7 Å². The lowest BCUT2D eigenvalue weighted by molar-refractivity contribution is 0.101. The number of carbonyl (C=O) groups is 1. The van der Waals surface area contributed by atoms with Crippen molar-refractivity contribution in [2.75, 3.05) is 0 Å². The molecular formula is C13H13N3O3. The molecule has 0 radical (unpaired) electrons. The average Bonchev–Trinajstić information content (AvgIpc) is 2.40. The Morgan fingerprint density at radius 2 is 2.05 bits per heavy atom. The van der Waals surface area contributed by atoms with Gasteiger partial charge in [-0.3, -0.25) is 23.7 Å². The number of hydrogen-bond acceptors (Lipinski definition) is 4. The molecule has 2 rings (SSSR count). The summed E-state index contributed by atoms with van der Waals surface area (Å²) in [6, 6.07) is 5.35. The van der Waals surface area contributed by atoms with E-state index in [-0.39, 0.29) is 17.9 Å². The molecule has 0 aliphatic rings. The molecule has 0 saturated carbocycles. The summed E-state index contributed by atoms with van der Waals surface area (Å²) in [5, 5.41) is 0. The van der Waals surface area contributed by atoms with Gasteiger partial charge in [0.2, 0.25) is 0 Å². The molecule has 98 valence electrons. The Kier molecular flexibility index (Phi) is 3.41. The molecule has 6 heteroatoms. The molecule has 2 aromatic rings. The maximum Gasteiger partial charge on any atom is 0.331 e. The van der Waals surface area contributed by atoms with E-state index in [1.807, 2.05) is 0 Å². The van der Waals surface area contributed by atoms with Crippen molar-refractivity contribution in [2.45, 2.75) is 13.5 Å². The van der Waals surface area contributed by atoms with Gasteiger partial charge in [-0.05, 0) is 19.1 Å². The van der Waals surface area contributed by atoms with Gasteiger partial charge >= 0.3 is 5.69 Å². The second-order valence-electron chi connectivity index (χ2n) is 4.19. The zero-order chi connectivity index (χ0) is 14.0. The predicted octanol–water partition coefficient (Wildman–Crippen LogP) is 0.193. The zero-order valence-electron chi connectivity index (χ0n) is 10.7. The number of carbonyl (C=O) groups excluding carboxylic acids is 1. The second-order valence-corrected chi connectivity index (χ2v) is 4.19. The molecule has 2 aromatic heterocycles. The third-order valence-electron chi connectivity index (χ3n) is 2.79. The minimum absolute atomic E-state index is 0.00182. The van der Waals surface area contributed by atoms with Gasteiger partial charge in [-0.2, -0.15) is 0 Å². The minimum Gasteiger partial charge on any atom is -0.294 e. The number of nitrogens with zero attached hydrogens (tertiary/aromatic N) is 3. The first-order valence-electron chi connectivity index (χ1n) is 5.72. The van der Waals surface area contributed by atoms with E-state index in [9.17, 15) is 14.4 Å². The highest BCUT2D eigenvalue weighted by molar-refractivity contribution is 5.93. The first-order valence-corrected chi connectivity index (χ1v) is 5.72. The van der Waals surface area contributed by atoms with Gasteiger partial charge in [0.15, 0.2) is 5.78 Å². The summed E-state index contributed by atoms with van der Waals surface area (Å²) in [5.41, 5.74) is -0.369. The van der Waals surface area contributed by atoms with Gasteiger partial charge in [0.1, 0.15) is 0 Å². The Bertz CT molecular complexity index is 729. The van der Waals surface area contributed by atoms with Gasteiger partial charge in [0.25, 0.3) is 5.56 Å². The van der Waals surface area contributed by atoms with Crippen LogP contribution in [0.3, 0.4) is 0 Å². The van der Waals surface area contributed by atoms with Crippen molar-refractivity contribution in [1.29, 1.82) is 0 Å². The van der Waals surface area contributed by atoms with E-state index in [0.717, 1.165) is 4.57 Å². The number of rotatable bonds is 3. The van der Waals surface area contributed by atoms with Crippen molar-refractivity contribution >= 4 is 5.78 Å². The van der Waals surface area contributed by atoms with E-state index in [1.54, 1.807) is 24.4 Å². The molecule has 0 amide bonds. The van der Waals surface area contributed by atoms with Crippen LogP contribution in [0.25, 0.3) is 0 Å². The molecule has 0 aromatic carbocycles. The summed E-state index contributed by atoms with van der Waals surface area (Å²) in [4.78, 5) is 39.2. The topological polar surface area (TPSA) is 74.0 Å². The number of hydrogen-bond donors (Lipinski definition) is 0. The van der Waals surface area contributed by atoms with Gasteiger partial charge in [0.05, 0.1) is 17.8 Å². The third kappa shape index (κ3) is 2.52. The fraction of sp³-hybridized carbons (Fsp3) is 0.231. The van der Waals surface area contributed by atoms with E-state index >= 15 is 0 Å². The molecule has 19 heavy (non-hydrogen) atoms. The van der Waals surface area contributed by atoms with Crippen LogP contribution in [-0.4, -0.2) is 19.9 Å². The summed E-state index contributed by atoms with van der Waals surface area (Å²) in [6.45, 7) is 1.51. The summed E-state index contributed by atoms with van der Waals surface area (Å²) in [5.74, 6) is -0.365. The third-order valence-corrected chi connectivity index (χ3v) is 2.79. The van der Waals surface area contributed by atoms with Crippen LogP contribution in [0.2, 0.25) is 0 Å². The molecule has 0 atom stereocenters. The van der Waals surface area contributed by atoms with Crippen molar-refractivity contribution in [3.05, 3.63) is 62.7 Å². The van der Waals surface area contributed by atoms with Crippen LogP contribution >= 0.6 is 0 Å². The second kappa shape index (κ2) is 5.01. The van der Waals surface area contributed by atoms with Crippen LogP contribution in [0.1, 0.15) is 23.0 Å². The smallest absolute Gasteiger partial charge is 0.294 e. The van der Waals surface area contributed by atoms with Gasteiger partial charge in [-0.1, -0.05) is 6.07 Å². The highest BCUT2D eigenvalue weighted by Crippen LogP contribution is 1.97. The van der Waals surface area contributed by atoms with Crippen LogP contribution in [-0.2, 0) is 13.6 Å². The molecule has 0 aliphatic carbocycles. The molecule has 0 N–H and O–H groups in total. The molecule has 0 saturated heterocycles.